The van der Waals surface area contributed by atoms with Crippen LogP contribution in [0.1, 0.15) is 31.7 Å². The Morgan fingerprint density at radius 2 is 2.30 bits per heavy atom. The van der Waals surface area contributed by atoms with Crippen molar-refractivity contribution < 1.29 is 9.23 Å². The number of halogens is 1. The second kappa shape index (κ2) is 7.85. The predicted molar refractivity (Wildman–Crippen MR) is 77.7 cm³/mol. The van der Waals surface area contributed by atoms with Gasteiger partial charge in [0, 0.05) is 6.54 Å². The number of benzene rings is 1. The van der Waals surface area contributed by atoms with E-state index in [4.69, 9.17) is 4.84 Å². The second-order valence-electron chi connectivity index (χ2n) is 4.84. The summed E-state index contributed by atoms with van der Waals surface area (Å²) >= 11 is 0. The molecule has 2 rings (SSSR count). The molecule has 0 atom stereocenters. The van der Waals surface area contributed by atoms with Gasteiger partial charge in [-0.25, -0.2) is 14.4 Å². The van der Waals surface area contributed by atoms with E-state index in [1.54, 1.807) is 11.1 Å². The molecule has 4 nitrogen and oxygen atoms in total. The van der Waals surface area contributed by atoms with E-state index in [2.05, 4.69) is 17.2 Å². The summed E-state index contributed by atoms with van der Waals surface area (Å²) in [5, 5.41) is 5.05. The van der Waals surface area contributed by atoms with Crippen molar-refractivity contribution in [1.29, 1.82) is 0 Å². The summed E-state index contributed by atoms with van der Waals surface area (Å²) in [6.45, 7) is 4.92. The molecule has 0 aromatic heterocycles. The molecule has 1 heterocycles. The number of nitrogens with zero attached hydrogens (tertiary/aromatic N) is 2. The minimum absolute atomic E-state index is 0.237. The first kappa shape index (κ1) is 14.8. The van der Waals surface area contributed by atoms with Crippen LogP contribution in [0.25, 0.3) is 0 Å². The summed E-state index contributed by atoms with van der Waals surface area (Å²) in [5.41, 5.74) is 0.822. The summed E-state index contributed by atoms with van der Waals surface area (Å²) in [5.74, 6) is 0.552. The van der Waals surface area contributed by atoms with E-state index in [1.807, 2.05) is 6.07 Å². The van der Waals surface area contributed by atoms with Crippen LogP contribution < -0.4 is 5.32 Å². The highest BCUT2D eigenvalue weighted by Gasteiger charge is 2.17. The topological polar surface area (TPSA) is 36.9 Å². The minimum atomic E-state index is -0.237. The third-order valence-electron chi connectivity index (χ3n) is 3.14. The van der Waals surface area contributed by atoms with Gasteiger partial charge in [0.15, 0.2) is 0 Å². The highest BCUT2D eigenvalue weighted by molar-refractivity contribution is 5.80. The number of hydrogen-bond donors (Lipinski definition) is 1. The highest BCUT2D eigenvalue weighted by Crippen LogP contribution is 2.08. The van der Waals surface area contributed by atoms with Gasteiger partial charge in [-0.2, -0.15) is 0 Å². The van der Waals surface area contributed by atoms with Crippen molar-refractivity contribution >= 4 is 5.96 Å². The lowest BCUT2D eigenvalue weighted by Gasteiger charge is -2.20. The van der Waals surface area contributed by atoms with Crippen LogP contribution in [0.3, 0.4) is 0 Å². The molecule has 1 aromatic rings. The molecule has 1 N–H and O–H groups in total. The molecule has 0 saturated carbocycles. The number of hydroxylamine groups is 2. The Morgan fingerprint density at radius 3 is 3.10 bits per heavy atom. The number of nitrogens with one attached hydrogen (secondary N) is 1. The van der Waals surface area contributed by atoms with Crippen LogP contribution in [0, 0.1) is 5.82 Å². The van der Waals surface area contributed by atoms with Gasteiger partial charge in [-0.1, -0.05) is 31.9 Å². The molecule has 0 saturated heterocycles. The van der Waals surface area contributed by atoms with Crippen LogP contribution in [-0.2, 0) is 11.4 Å². The fraction of sp³-hybridized carbons (Fsp3) is 0.533. The van der Waals surface area contributed by atoms with Crippen LogP contribution in [-0.4, -0.2) is 30.7 Å². The maximum Gasteiger partial charge on any atom is 0.218 e. The van der Waals surface area contributed by atoms with Crippen LogP contribution >= 0.6 is 0 Å². The summed E-state index contributed by atoms with van der Waals surface area (Å²) in [6, 6.07) is 6.46. The molecule has 5 heteroatoms. The number of aliphatic imine (C=N–C) groups is 1. The fourth-order valence-corrected chi connectivity index (χ4v) is 2.06. The summed E-state index contributed by atoms with van der Waals surface area (Å²) < 4.78 is 13.1. The Hall–Kier alpha value is -1.62. The van der Waals surface area contributed by atoms with Crippen molar-refractivity contribution in [3.05, 3.63) is 35.6 Å². The summed E-state index contributed by atoms with van der Waals surface area (Å²) in [7, 11) is 0. The summed E-state index contributed by atoms with van der Waals surface area (Å²) in [6.07, 6.45) is 3.55. The van der Waals surface area contributed by atoms with Crippen molar-refractivity contribution in [2.75, 3.05) is 19.6 Å². The zero-order valence-corrected chi connectivity index (χ0v) is 11.9. The van der Waals surface area contributed by atoms with Crippen molar-refractivity contribution in [2.24, 2.45) is 4.99 Å². The first-order valence-electron chi connectivity index (χ1n) is 7.23. The Bertz CT molecular complexity index is 450. The van der Waals surface area contributed by atoms with Gasteiger partial charge in [0.25, 0.3) is 0 Å². The van der Waals surface area contributed by atoms with E-state index >= 15 is 0 Å². The number of rotatable bonds is 7. The van der Waals surface area contributed by atoms with Gasteiger partial charge in [0.1, 0.15) is 12.4 Å². The van der Waals surface area contributed by atoms with Crippen molar-refractivity contribution in [3.63, 3.8) is 0 Å². The molecule has 0 unspecified atom stereocenters. The monoisotopic (exact) mass is 279 g/mol. The van der Waals surface area contributed by atoms with Crippen molar-refractivity contribution in [3.8, 4) is 0 Å². The molecule has 0 radical (unpaired) electrons. The highest BCUT2D eigenvalue weighted by atomic mass is 19.1. The average molecular weight is 279 g/mol. The molecule has 0 fully saturated rings. The van der Waals surface area contributed by atoms with Crippen LogP contribution in [0.2, 0.25) is 0 Å². The lowest BCUT2D eigenvalue weighted by atomic mass is 10.2. The molecular formula is C15H22FN3O. The van der Waals surface area contributed by atoms with Crippen LogP contribution in [0.5, 0.6) is 0 Å². The first-order valence-corrected chi connectivity index (χ1v) is 7.23. The molecule has 20 heavy (non-hydrogen) atoms. The maximum atomic E-state index is 13.1. The van der Waals surface area contributed by atoms with Gasteiger partial charge in [-0.3, -0.25) is 4.84 Å². The SMILES string of the molecule is CCCCCNC1=NCCN1OCc1cccc(F)c1. The van der Waals surface area contributed by atoms with Crippen molar-refractivity contribution in [2.45, 2.75) is 32.8 Å². The predicted octanol–water partition coefficient (Wildman–Crippen LogP) is 2.71. The standard InChI is InChI=1S/C15H22FN3O/c1-2-3-4-8-17-15-18-9-10-19(15)20-12-13-6-5-7-14(16)11-13/h5-7,11H,2-4,8-10,12H2,1H3,(H,17,18). The van der Waals surface area contributed by atoms with Gasteiger partial charge < -0.3 is 5.32 Å². The quantitative estimate of drug-likeness (QED) is 0.780. The largest absolute Gasteiger partial charge is 0.354 e. The molecule has 0 spiro atoms. The van der Waals surface area contributed by atoms with E-state index in [0.29, 0.717) is 6.61 Å². The van der Waals surface area contributed by atoms with E-state index in [9.17, 15) is 4.39 Å². The molecule has 1 aromatic carbocycles. The molecular weight excluding hydrogens is 257 g/mol. The van der Waals surface area contributed by atoms with Gasteiger partial charge >= 0.3 is 0 Å². The summed E-state index contributed by atoms with van der Waals surface area (Å²) in [4.78, 5) is 10.1. The van der Waals surface area contributed by atoms with E-state index < -0.39 is 0 Å². The van der Waals surface area contributed by atoms with Crippen LogP contribution in [0.15, 0.2) is 29.3 Å². The Kier molecular flexibility index (Phi) is 5.80. The average Bonchev–Trinajstić information content (AvgIpc) is 2.89. The molecule has 1 aliphatic heterocycles. The molecule has 0 amide bonds. The fourth-order valence-electron chi connectivity index (χ4n) is 2.06. The number of hydrogen-bond acceptors (Lipinski definition) is 4. The van der Waals surface area contributed by atoms with Gasteiger partial charge in [0.2, 0.25) is 5.96 Å². The van der Waals surface area contributed by atoms with Gasteiger partial charge in [-0.05, 0) is 24.1 Å². The smallest absolute Gasteiger partial charge is 0.218 e. The first-order chi connectivity index (χ1) is 9.79. The minimum Gasteiger partial charge on any atom is -0.354 e. The molecule has 0 aliphatic carbocycles. The molecule has 1 aliphatic rings. The van der Waals surface area contributed by atoms with E-state index in [0.717, 1.165) is 37.6 Å². The second-order valence-corrected chi connectivity index (χ2v) is 4.84. The van der Waals surface area contributed by atoms with E-state index in [1.165, 1.54) is 25.0 Å². The Morgan fingerprint density at radius 1 is 1.40 bits per heavy atom. The number of unbranched alkanes of at least 4 members (excludes halogenated alkanes) is 2. The Balaban J connectivity index is 1.76. The van der Waals surface area contributed by atoms with Gasteiger partial charge in [0.05, 0.1) is 13.1 Å². The lowest BCUT2D eigenvalue weighted by Crippen LogP contribution is -2.38. The zero-order chi connectivity index (χ0) is 14.2. The maximum absolute atomic E-state index is 13.1. The zero-order valence-electron chi connectivity index (χ0n) is 11.9. The molecule has 110 valence electrons. The molecule has 0 bridgehead atoms. The van der Waals surface area contributed by atoms with Gasteiger partial charge in [-0.15, -0.1) is 0 Å². The van der Waals surface area contributed by atoms with Crippen molar-refractivity contribution in [1.82, 2.24) is 10.4 Å². The third kappa shape index (κ3) is 4.49. The van der Waals surface area contributed by atoms with E-state index in [-0.39, 0.29) is 5.82 Å². The third-order valence-corrected chi connectivity index (χ3v) is 3.14. The van der Waals surface area contributed by atoms with Crippen LogP contribution in [0.4, 0.5) is 4.39 Å². The Labute approximate surface area is 119 Å². The lowest BCUT2D eigenvalue weighted by molar-refractivity contribution is -0.105. The number of guanidine groups is 1. The normalized spacial score (nSPS) is 14.5.